The number of aliphatic hydroxyl groups excluding tert-OH is 1. The minimum atomic E-state index is -1.02. The summed E-state index contributed by atoms with van der Waals surface area (Å²) in [6.07, 6.45) is 2.52. The number of rotatable bonds is 8. The summed E-state index contributed by atoms with van der Waals surface area (Å²) in [6, 6.07) is 0. The summed E-state index contributed by atoms with van der Waals surface area (Å²) < 4.78 is 0. The van der Waals surface area contributed by atoms with Gasteiger partial charge in [0.05, 0.1) is 0 Å². The van der Waals surface area contributed by atoms with E-state index in [-0.39, 0.29) is 19.1 Å². The standard InChI is InChI=1S/C8H16N2O4/c11-5-3-1-2-4-7(12)10-9-6-8(13)14/h9,11H,1-6H2,(H,10,12)(H,13,14). The molecule has 0 spiro atoms. The number of carboxylic acids is 1. The lowest BCUT2D eigenvalue weighted by molar-refractivity contribution is -0.136. The zero-order chi connectivity index (χ0) is 10.8. The lowest BCUT2D eigenvalue weighted by Gasteiger charge is -2.04. The van der Waals surface area contributed by atoms with Gasteiger partial charge in [0.1, 0.15) is 6.54 Å². The van der Waals surface area contributed by atoms with Gasteiger partial charge in [0, 0.05) is 13.0 Å². The van der Waals surface area contributed by atoms with E-state index in [0.29, 0.717) is 19.3 Å². The van der Waals surface area contributed by atoms with Crippen molar-refractivity contribution in [1.29, 1.82) is 0 Å². The Balaban J connectivity index is 3.24. The molecule has 0 aliphatic carbocycles. The van der Waals surface area contributed by atoms with E-state index in [1.54, 1.807) is 0 Å². The van der Waals surface area contributed by atoms with E-state index in [2.05, 4.69) is 10.9 Å². The number of nitrogens with one attached hydrogen (secondary N) is 2. The first-order valence-corrected chi connectivity index (χ1v) is 4.51. The first-order valence-electron chi connectivity index (χ1n) is 4.51. The van der Waals surface area contributed by atoms with Crippen molar-refractivity contribution in [3.05, 3.63) is 0 Å². The summed E-state index contributed by atoms with van der Waals surface area (Å²) in [6.45, 7) is -0.152. The molecule has 0 fully saturated rings. The summed E-state index contributed by atoms with van der Waals surface area (Å²) >= 11 is 0. The first-order chi connectivity index (χ1) is 6.66. The predicted octanol–water partition coefficient (Wildman–Crippen LogP) is -0.756. The lowest BCUT2D eigenvalue weighted by atomic mass is 10.2. The van der Waals surface area contributed by atoms with E-state index in [9.17, 15) is 9.59 Å². The van der Waals surface area contributed by atoms with Gasteiger partial charge in [-0.15, -0.1) is 0 Å². The van der Waals surface area contributed by atoms with Crippen LogP contribution in [0.4, 0.5) is 0 Å². The van der Waals surface area contributed by atoms with E-state index in [1.807, 2.05) is 0 Å². The molecule has 14 heavy (non-hydrogen) atoms. The van der Waals surface area contributed by atoms with Crippen molar-refractivity contribution in [2.45, 2.75) is 25.7 Å². The Labute approximate surface area is 82.3 Å². The molecule has 0 unspecified atom stereocenters. The van der Waals surface area contributed by atoms with Gasteiger partial charge >= 0.3 is 5.97 Å². The normalized spacial score (nSPS) is 9.79. The Morgan fingerprint density at radius 1 is 1.14 bits per heavy atom. The average Bonchev–Trinajstić information content (AvgIpc) is 2.12. The number of unbranched alkanes of at least 4 members (excludes halogenated alkanes) is 2. The van der Waals surface area contributed by atoms with Crippen LogP contribution in [0.25, 0.3) is 0 Å². The minimum absolute atomic E-state index is 0.138. The third kappa shape index (κ3) is 8.95. The number of hydrogen-bond acceptors (Lipinski definition) is 4. The van der Waals surface area contributed by atoms with E-state index in [1.165, 1.54) is 0 Å². The SMILES string of the molecule is O=C(O)CNNC(=O)CCCCCO. The van der Waals surface area contributed by atoms with Crippen LogP contribution in [0.15, 0.2) is 0 Å². The summed E-state index contributed by atoms with van der Waals surface area (Å²) in [5.41, 5.74) is 4.54. The van der Waals surface area contributed by atoms with Gasteiger partial charge in [0.25, 0.3) is 0 Å². The van der Waals surface area contributed by atoms with Crippen LogP contribution >= 0.6 is 0 Å². The summed E-state index contributed by atoms with van der Waals surface area (Å²) in [4.78, 5) is 21.0. The van der Waals surface area contributed by atoms with Gasteiger partial charge in [-0.1, -0.05) is 6.42 Å². The fourth-order valence-electron chi connectivity index (χ4n) is 0.855. The zero-order valence-electron chi connectivity index (χ0n) is 7.95. The van der Waals surface area contributed by atoms with Crippen molar-refractivity contribution in [2.24, 2.45) is 0 Å². The Bertz CT molecular complexity index is 184. The predicted molar refractivity (Wildman–Crippen MR) is 49.3 cm³/mol. The second-order valence-corrected chi connectivity index (χ2v) is 2.83. The van der Waals surface area contributed by atoms with Crippen molar-refractivity contribution in [3.8, 4) is 0 Å². The van der Waals surface area contributed by atoms with Crippen LogP contribution in [0, 0.1) is 0 Å². The highest BCUT2D eigenvalue weighted by Gasteiger charge is 2.01. The molecule has 0 aliphatic heterocycles. The van der Waals surface area contributed by atoms with Gasteiger partial charge in [0.2, 0.25) is 5.91 Å². The van der Waals surface area contributed by atoms with E-state index >= 15 is 0 Å². The molecule has 1 amide bonds. The topological polar surface area (TPSA) is 98.7 Å². The van der Waals surface area contributed by atoms with Crippen molar-refractivity contribution in [2.75, 3.05) is 13.2 Å². The fourth-order valence-corrected chi connectivity index (χ4v) is 0.855. The maximum absolute atomic E-state index is 11.0. The molecular formula is C8H16N2O4. The number of carboxylic acid groups (broad SMARTS) is 1. The number of aliphatic hydroxyl groups is 1. The van der Waals surface area contributed by atoms with Crippen LogP contribution in [-0.2, 0) is 9.59 Å². The largest absolute Gasteiger partial charge is 0.480 e. The van der Waals surface area contributed by atoms with Crippen LogP contribution in [0.1, 0.15) is 25.7 Å². The molecule has 6 heteroatoms. The highest BCUT2D eigenvalue weighted by atomic mass is 16.4. The quantitative estimate of drug-likeness (QED) is 0.308. The summed E-state index contributed by atoms with van der Waals surface area (Å²) in [5, 5.41) is 16.7. The maximum atomic E-state index is 11.0. The Morgan fingerprint density at radius 3 is 2.43 bits per heavy atom. The molecule has 0 aromatic carbocycles. The molecule has 0 aromatic rings. The number of carbonyl (C=O) groups excluding carboxylic acids is 1. The highest BCUT2D eigenvalue weighted by Crippen LogP contribution is 1.97. The van der Waals surface area contributed by atoms with Crippen LogP contribution in [0.5, 0.6) is 0 Å². The highest BCUT2D eigenvalue weighted by molar-refractivity contribution is 5.76. The van der Waals surface area contributed by atoms with E-state index in [0.717, 1.165) is 6.42 Å². The molecule has 0 saturated carbocycles. The third-order valence-corrected chi connectivity index (χ3v) is 1.53. The van der Waals surface area contributed by atoms with Crippen LogP contribution in [-0.4, -0.2) is 35.2 Å². The lowest BCUT2D eigenvalue weighted by Crippen LogP contribution is -2.40. The second kappa shape index (κ2) is 8.46. The maximum Gasteiger partial charge on any atom is 0.319 e. The number of aliphatic carboxylic acids is 1. The number of amides is 1. The van der Waals surface area contributed by atoms with E-state index in [4.69, 9.17) is 10.2 Å². The molecule has 0 bridgehead atoms. The van der Waals surface area contributed by atoms with Crippen molar-refractivity contribution >= 4 is 11.9 Å². The van der Waals surface area contributed by atoms with Crippen LogP contribution in [0.2, 0.25) is 0 Å². The van der Waals surface area contributed by atoms with Gasteiger partial charge in [0.15, 0.2) is 0 Å². The van der Waals surface area contributed by atoms with Gasteiger partial charge in [-0.25, -0.2) is 5.43 Å². The van der Waals surface area contributed by atoms with Crippen molar-refractivity contribution in [3.63, 3.8) is 0 Å². The van der Waals surface area contributed by atoms with Gasteiger partial charge in [-0.2, -0.15) is 0 Å². The smallest absolute Gasteiger partial charge is 0.319 e. The van der Waals surface area contributed by atoms with Crippen LogP contribution in [0.3, 0.4) is 0 Å². The number of hydrogen-bond donors (Lipinski definition) is 4. The molecule has 0 radical (unpaired) electrons. The summed E-state index contributed by atoms with van der Waals surface area (Å²) in [7, 11) is 0. The fraction of sp³-hybridized carbons (Fsp3) is 0.750. The molecular weight excluding hydrogens is 188 g/mol. The molecule has 0 aliphatic rings. The Morgan fingerprint density at radius 2 is 1.86 bits per heavy atom. The van der Waals surface area contributed by atoms with Crippen LogP contribution < -0.4 is 10.9 Å². The molecule has 0 atom stereocenters. The van der Waals surface area contributed by atoms with Crippen molar-refractivity contribution in [1.82, 2.24) is 10.9 Å². The molecule has 0 heterocycles. The molecule has 4 N–H and O–H groups in total. The molecule has 0 aromatic heterocycles. The molecule has 82 valence electrons. The zero-order valence-corrected chi connectivity index (χ0v) is 7.95. The number of hydrazine groups is 1. The Hall–Kier alpha value is -1.14. The van der Waals surface area contributed by atoms with Crippen molar-refractivity contribution < 1.29 is 19.8 Å². The first kappa shape index (κ1) is 12.9. The molecule has 6 nitrogen and oxygen atoms in total. The monoisotopic (exact) mass is 204 g/mol. The van der Waals surface area contributed by atoms with E-state index < -0.39 is 5.97 Å². The second-order valence-electron chi connectivity index (χ2n) is 2.83. The van der Waals surface area contributed by atoms with Gasteiger partial charge < -0.3 is 10.2 Å². The number of carbonyl (C=O) groups is 2. The minimum Gasteiger partial charge on any atom is -0.480 e. The average molecular weight is 204 g/mol. The summed E-state index contributed by atoms with van der Waals surface area (Å²) in [5.74, 6) is -1.25. The molecule has 0 saturated heterocycles. The van der Waals surface area contributed by atoms with Gasteiger partial charge in [-0.3, -0.25) is 15.0 Å². The van der Waals surface area contributed by atoms with Gasteiger partial charge in [-0.05, 0) is 12.8 Å². The Kier molecular flexibility index (Phi) is 7.77. The third-order valence-electron chi connectivity index (χ3n) is 1.53. The molecule has 0 rings (SSSR count).